The summed E-state index contributed by atoms with van der Waals surface area (Å²) in [4.78, 5) is 72.6. The third-order valence-corrected chi connectivity index (χ3v) is 19.8. The topological polar surface area (TPSA) is 237 Å². The highest BCUT2D eigenvalue weighted by atomic mass is 31.2. The monoisotopic (exact) mass is 1380 g/mol. The zero-order valence-corrected chi connectivity index (χ0v) is 62.9. The van der Waals surface area contributed by atoms with Crippen LogP contribution in [0, 0.1) is 5.92 Å². The van der Waals surface area contributed by atoms with Crippen LogP contribution < -0.4 is 0 Å². The van der Waals surface area contributed by atoms with Gasteiger partial charge in [0.1, 0.15) is 19.3 Å². The Hall–Kier alpha value is -1.94. The summed E-state index contributed by atoms with van der Waals surface area (Å²) in [5.74, 6) is -1.34. The molecule has 0 saturated heterocycles. The predicted molar refractivity (Wildman–Crippen MR) is 382 cm³/mol. The first kappa shape index (κ1) is 92.1. The Morgan fingerprint density at radius 2 is 0.511 bits per heavy atom. The number of aliphatic hydroxyl groups excluding tert-OH is 1. The fourth-order valence-electron chi connectivity index (χ4n) is 11.5. The minimum Gasteiger partial charge on any atom is -0.462 e. The molecule has 0 aliphatic heterocycles. The number of phosphoric acid groups is 2. The zero-order valence-electron chi connectivity index (χ0n) is 61.1. The molecule has 94 heavy (non-hydrogen) atoms. The van der Waals surface area contributed by atoms with E-state index in [1.165, 1.54) is 212 Å². The van der Waals surface area contributed by atoms with Gasteiger partial charge >= 0.3 is 39.5 Å². The second kappa shape index (κ2) is 68.2. The van der Waals surface area contributed by atoms with Crippen molar-refractivity contribution in [1.82, 2.24) is 0 Å². The Balaban J connectivity index is 5.15. The molecule has 0 saturated carbocycles. The van der Waals surface area contributed by atoms with E-state index in [1.807, 2.05) is 0 Å². The average Bonchev–Trinajstić information content (AvgIpc) is 2.34. The molecule has 0 aromatic rings. The molecule has 0 aromatic carbocycles. The quantitative estimate of drug-likeness (QED) is 0.0222. The van der Waals surface area contributed by atoms with E-state index in [2.05, 4.69) is 34.6 Å². The number of hydrogen-bond acceptors (Lipinski definition) is 15. The summed E-state index contributed by atoms with van der Waals surface area (Å²) < 4.78 is 68.4. The van der Waals surface area contributed by atoms with E-state index in [-0.39, 0.29) is 25.7 Å². The molecule has 0 aromatic heterocycles. The Kier molecular flexibility index (Phi) is 66.8. The standard InChI is InChI=1S/C75H146O17P2/c1-6-10-13-16-19-22-24-26-27-28-29-30-31-32-33-34-35-37-39-46-51-56-61-75(80)92-71(65-86-73(78)59-54-49-44-41-40-42-47-52-57-68(5)9-4)67-90-94(83,84)88-63-69(76)62-87-93(81,82)89-66-70(64-85-72(77)58-53-48-43-21-18-15-12-8-3)91-74(79)60-55-50-45-38-36-25-23-20-17-14-11-7-2/h68-71,76H,6-67H2,1-5H3,(H,81,82)(H,83,84)/t68?,69-,70+,71+/m0/s1. The molecule has 3 N–H and O–H groups in total. The molecule has 0 heterocycles. The number of carbonyl (C=O) groups excluding carboxylic acids is 4. The van der Waals surface area contributed by atoms with Gasteiger partial charge in [-0.25, -0.2) is 9.13 Å². The Labute approximate surface area is 575 Å². The summed E-state index contributed by atoms with van der Waals surface area (Å²) in [6, 6.07) is 0. The molecule has 3 unspecified atom stereocenters. The fourth-order valence-corrected chi connectivity index (χ4v) is 13.1. The van der Waals surface area contributed by atoms with Crippen LogP contribution in [0.2, 0.25) is 0 Å². The minimum atomic E-state index is -4.95. The van der Waals surface area contributed by atoms with Gasteiger partial charge in [-0.05, 0) is 31.6 Å². The lowest BCUT2D eigenvalue weighted by Gasteiger charge is -2.21. The molecule has 6 atom stereocenters. The third-order valence-electron chi connectivity index (χ3n) is 17.9. The van der Waals surface area contributed by atoms with Gasteiger partial charge in [-0.3, -0.25) is 37.3 Å². The Bertz CT molecular complexity index is 1810. The number of esters is 4. The number of aliphatic hydroxyl groups is 1. The summed E-state index contributed by atoms with van der Waals surface area (Å²) in [7, 11) is -9.90. The van der Waals surface area contributed by atoms with Gasteiger partial charge in [0.2, 0.25) is 0 Å². The normalized spacial score (nSPS) is 14.3. The number of carbonyl (C=O) groups is 4. The summed E-state index contributed by atoms with van der Waals surface area (Å²) >= 11 is 0. The summed E-state index contributed by atoms with van der Waals surface area (Å²) in [6.07, 6.45) is 57.0. The molecule has 0 fully saturated rings. The maximum atomic E-state index is 13.1. The molecule has 0 aliphatic rings. The van der Waals surface area contributed by atoms with Crippen molar-refractivity contribution in [1.29, 1.82) is 0 Å². The van der Waals surface area contributed by atoms with Crippen LogP contribution in [0.1, 0.15) is 394 Å². The summed E-state index contributed by atoms with van der Waals surface area (Å²) in [6.45, 7) is 7.25. The van der Waals surface area contributed by atoms with Crippen LogP contribution in [0.4, 0.5) is 0 Å². The summed E-state index contributed by atoms with van der Waals surface area (Å²) in [5, 5.41) is 10.6. The number of phosphoric ester groups is 2. The molecule has 0 spiro atoms. The van der Waals surface area contributed by atoms with Crippen LogP contribution in [-0.2, 0) is 65.4 Å². The lowest BCUT2D eigenvalue weighted by Crippen LogP contribution is -2.30. The van der Waals surface area contributed by atoms with Gasteiger partial charge in [0.15, 0.2) is 12.2 Å². The second-order valence-electron chi connectivity index (χ2n) is 27.3. The van der Waals surface area contributed by atoms with Gasteiger partial charge in [0.25, 0.3) is 0 Å². The molecule has 0 aliphatic carbocycles. The van der Waals surface area contributed by atoms with Crippen LogP contribution in [0.5, 0.6) is 0 Å². The SMILES string of the molecule is CCCCCCCCCCCCCCCCCCCCCCCCC(=O)O[C@H](COC(=O)CCCCCCCCCCC(C)CC)COP(=O)(O)OC[C@@H](O)COP(=O)(O)OC[C@@H](COC(=O)CCCCCCCCCC)OC(=O)CCCCCCCCCCCCCC. The smallest absolute Gasteiger partial charge is 0.462 e. The highest BCUT2D eigenvalue weighted by Crippen LogP contribution is 2.45. The zero-order chi connectivity index (χ0) is 69.1. The third kappa shape index (κ3) is 67.3. The second-order valence-corrected chi connectivity index (χ2v) is 30.2. The first-order chi connectivity index (χ1) is 45.6. The van der Waals surface area contributed by atoms with Crippen molar-refractivity contribution < 1.29 is 80.2 Å². The first-order valence-corrected chi connectivity index (χ1v) is 42.2. The number of rotatable bonds is 75. The van der Waals surface area contributed by atoms with Gasteiger partial charge < -0.3 is 33.8 Å². The van der Waals surface area contributed by atoms with Crippen molar-refractivity contribution in [2.75, 3.05) is 39.6 Å². The van der Waals surface area contributed by atoms with Crippen LogP contribution >= 0.6 is 15.6 Å². The lowest BCUT2D eigenvalue weighted by molar-refractivity contribution is -0.161. The van der Waals surface area contributed by atoms with Crippen molar-refractivity contribution in [3.63, 3.8) is 0 Å². The van der Waals surface area contributed by atoms with Crippen LogP contribution in [0.15, 0.2) is 0 Å². The van der Waals surface area contributed by atoms with Crippen LogP contribution in [0.25, 0.3) is 0 Å². The molecule has 17 nitrogen and oxygen atoms in total. The fraction of sp³-hybridized carbons (Fsp3) is 0.947. The predicted octanol–water partition coefficient (Wildman–Crippen LogP) is 22.1. The van der Waals surface area contributed by atoms with Gasteiger partial charge in [0.05, 0.1) is 26.4 Å². The maximum absolute atomic E-state index is 13.1. The van der Waals surface area contributed by atoms with E-state index in [1.54, 1.807) is 0 Å². The van der Waals surface area contributed by atoms with E-state index < -0.39 is 97.5 Å². The molecule has 558 valence electrons. The Morgan fingerprint density at radius 1 is 0.298 bits per heavy atom. The first-order valence-electron chi connectivity index (χ1n) is 39.2. The van der Waals surface area contributed by atoms with Crippen LogP contribution in [-0.4, -0.2) is 96.7 Å². The molecule has 0 radical (unpaired) electrons. The number of ether oxygens (including phenoxy) is 4. The van der Waals surface area contributed by atoms with Crippen molar-refractivity contribution in [2.24, 2.45) is 5.92 Å². The van der Waals surface area contributed by atoms with Crippen molar-refractivity contribution in [3.8, 4) is 0 Å². The molecule has 0 rings (SSSR count). The van der Waals surface area contributed by atoms with E-state index in [4.69, 9.17) is 37.0 Å². The molecular weight excluding hydrogens is 1230 g/mol. The minimum absolute atomic E-state index is 0.107. The maximum Gasteiger partial charge on any atom is 0.472 e. The summed E-state index contributed by atoms with van der Waals surface area (Å²) in [5.41, 5.74) is 0. The Morgan fingerprint density at radius 3 is 0.755 bits per heavy atom. The molecular formula is C75H146O17P2. The van der Waals surface area contributed by atoms with E-state index >= 15 is 0 Å². The molecule has 0 bridgehead atoms. The van der Waals surface area contributed by atoms with Gasteiger partial charge in [-0.1, -0.05) is 343 Å². The largest absolute Gasteiger partial charge is 0.472 e. The highest BCUT2D eigenvalue weighted by molar-refractivity contribution is 7.47. The average molecular weight is 1380 g/mol. The highest BCUT2D eigenvalue weighted by Gasteiger charge is 2.30. The number of unbranched alkanes of at least 4 members (excludes halogenated alkanes) is 46. The number of hydrogen-bond donors (Lipinski definition) is 3. The lowest BCUT2D eigenvalue weighted by atomic mass is 9.99. The van der Waals surface area contributed by atoms with Gasteiger partial charge in [-0.2, -0.15) is 0 Å². The molecule has 0 amide bonds. The van der Waals surface area contributed by atoms with Gasteiger partial charge in [0, 0.05) is 25.7 Å². The van der Waals surface area contributed by atoms with E-state index in [9.17, 15) is 43.2 Å². The van der Waals surface area contributed by atoms with E-state index in [0.717, 1.165) is 102 Å². The molecule has 19 heteroatoms. The van der Waals surface area contributed by atoms with Crippen LogP contribution in [0.3, 0.4) is 0 Å². The van der Waals surface area contributed by atoms with Crippen molar-refractivity contribution in [2.45, 2.75) is 412 Å². The van der Waals surface area contributed by atoms with Gasteiger partial charge in [-0.15, -0.1) is 0 Å². The van der Waals surface area contributed by atoms with Crippen molar-refractivity contribution >= 4 is 39.5 Å². The van der Waals surface area contributed by atoms with E-state index in [0.29, 0.717) is 25.7 Å². The van der Waals surface area contributed by atoms with Crippen molar-refractivity contribution in [3.05, 3.63) is 0 Å².